The van der Waals surface area contributed by atoms with E-state index in [-0.39, 0.29) is 5.92 Å². The van der Waals surface area contributed by atoms with Crippen molar-refractivity contribution in [2.75, 3.05) is 13.1 Å². The van der Waals surface area contributed by atoms with E-state index < -0.39 is 11.7 Å². The summed E-state index contributed by atoms with van der Waals surface area (Å²) >= 11 is 0. The van der Waals surface area contributed by atoms with Crippen LogP contribution in [0.5, 0.6) is 0 Å². The third-order valence-corrected chi connectivity index (χ3v) is 3.62. The molecule has 1 aromatic rings. The van der Waals surface area contributed by atoms with Crippen molar-refractivity contribution in [2.45, 2.75) is 18.9 Å². The molecule has 0 aromatic heterocycles. The van der Waals surface area contributed by atoms with Crippen LogP contribution in [0.15, 0.2) is 30.3 Å². The zero-order valence-electron chi connectivity index (χ0n) is 9.84. The molecule has 2 N–H and O–H groups in total. The number of piperidine rings is 1. The van der Waals surface area contributed by atoms with E-state index in [4.69, 9.17) is 5.11 Å². The molecule has 1 fully saturated rings. The van der Waals surface area contributed by atoms with E-state index in [2.05, 4.69) is 0 Å². The molecule has 0 radical (unpaired) electrons. The third-order valence-electron chi connectivity index (χ3n) is 3.62. The van der Waals surface area contributed by atoms with Crippen molar-refractivity contribution in [1.82, 2.24) is 4.90 Å². The Morgan fingerprint density at radius 2 is 2.06 bits per heavy atom. The van der Waals surface area contributed by atoms with E-state index >= 15 is 0 Å². The van der Waals surface area contributed by atoms with Crippen LogP contribution in [-0.4, -0.2) is 34.3 Å². The van der Waals surface area contributed by atoms with Gasteiger partial charge in [0.05, 0.1) is 5.60 Å². The lowest BCUT2D eigenvalue weighted by Gasteiger charge is -2.42. The highest BCUT2D eigenvalue weighted by molar-refractivity contribution is 5.65. The maximum Gasteiger partial charge on any atom is 0.407 e. The van der Waals surface area contributed by atoms with Crippen molar-refractivity contribution in [3.05, 3.63) is 35.9 Å². The van der Waals surface area contributed by atoms with Crippen molar-refractivity contribution in [3.8, 4) is 0 Å². The second-order valence-corrected chi connectivity index (χ2v) is 4.67. The summed E-state index contributed by atoms with van der Waals surface area (Å²) in [7, 11) is 0. The van der Waals surface area contributed by atoms with Crippen LogP contribution in [0.25, 0.3) is 0 Å². The first-order chi connectivity index (χ1) is 8.04. The van der Waals surface area contributed by atoms with Gasteiger partial charge in [-0.05, 0) is 12.0 Å². The Labute approximate surface area is 100 Å². The maximum atomic E-state index is 10.9. The predicted octanol–water partition coefficient (Wildman–Crippen LogP) is 1.89. The summed E-state index contributed by atoms with van der Waals surface area (Å²) < 4.78 is 0. The maximum absolute atomic E-state index is 10.9. The van der Waals surface area contributed by atoms with E-state index in [1.807, 2.05) is 37.3 Å². The summed E-state index contributed by atoms with van der Waals surface area (Å²) in [5.74, 6) is -0.102. The van der Waals surface area contributed by atoms with Crippen molar-refractivity contribution in [2.24, 2.45) is 5.92 Å². The normalized spacial score (nSPS) is 29.1. The molecule has 1 heterocycles. The molecule has 0 aliphatic carbocycles. The van der Waals surface area contributed by atoms with E-state index in [1.165, 1.54) is 4.90 Å². The monoisotopic (exact) mass is 235 g/mol. The molecule has 0 saturated carbocycles. The summed E-state index contributed by atoms with van der Waals surface area (Å²) in [4.78, 5) is 12.3. The summed E-state index contributed by atoms with van der Waals surface area (Å²) in [6.45, 7) is 2.65. The molecule has 2 atom stereocenters. The number of benzene rings is 1. The fourth-order valence-electron chi connectivity index (χ4n) is 2.45. The SMILES string of the molecule is CC1CN(C(=O)O)CCC1(O)c1ccccc1. The predicted molar refractivity (Wildman–Crippen MR) is 63.7 cm³/mol. The van der Waals surface area contributed by atoms with Gasteiger partial charge in [0.25, 0.3) is 0 Å². The number of rotatable bonds is 1. The number of hydrogen-bond acceptors (Lipinski definition) is 2. The fraction of sp³-hybridized carbons (Fsp3) is 0.462. The molecular formula is C13H17NO3. The molecular weight excluding hydrogens is 218 g/mol. The molecule has 2 unspecified atom stereocenters. The first-order valence-corrected chi connectivity index (χ1v) is 5.80. The highest BCUT2D eigenvalue weighted by Gasteiger charge is 2.41. The summed E-state index contributed by atoms with van der Waals surface area (Å²) in [5, 5.41) is 19.6. The smallest absolute Gasteiger partial charge is 0.407 e. The average Bonchev–Trinajstić information content (AvgIpc) is 2.33. The summed E-state index contributed by atoms with van der Waals surface area (Å²) in [6, 6.07) is 9.48. The Morgan fingerprint density at radius 3 is 2.59 bits per heavy atom. The number of carboxylic acid groups (broad SMARTS) is 1. The minimum Gasteiger partial charge on any atom is -0.465 e. The van der Waals surface area contributed by atoms with Gasteiger partial charge in [0, 0.05) is 19.0 Å². The Hall–Kier alpha value is -1.55. The second kappa shape index (κ2) is 4.37. The highest BCUT2D eigenvalue weighted by Crippen LogP contribution is 2.36. The van der Waals surface area contributed by atoms with E-state index in [0.29, 0.717) is 19.5 Å². The molecule has 1 aromatic carbocycles. The lowest BCUT2D eigenvalue weighted by Crippen LogP contribution is -2.50. The van der Waals surface area contributed by atoms with Gasteiger partial charge in [-0.25, -0.2) is 4.79 Å². The molecule has 1 saturated heterocycles. The van der Waals surface area contributed by atoms with E-state index in [9.17, 15) is 9.90 Å². The first-order valence-electron chi connectivity index (χ1n) is 5.80. The zero-order valence-corrected chi connectivity index (χ0v) is 9.84. The molecule has 1 aliphatic heterocycles. The summed E-state index contributed by atoms with van der Waals surface area (Å²) in [5.41, 5.74) is -0.0368. The molecule has 92 valence electrons. The Morgan fingerprint density at radius 1 is 1.41 bits per heavy atom. The standard InChI is InChI=1S/C13H17NO3/c1-10-9-14(12(15)16)8-7-13(10,17)11-5-3-2-4-6-11/h2-6,10,17H,7-9H2,1H3,(H,15,16). The Kier molecular flexibility index (Phi) is 3.07. The minimum atomic E-state index is -0.910. The van der Waals surface area contributed by atoms with E-state index in [0.717, 1.165) is 5.56 Å². The van der Waals surface area contributed by atoms with E-state index in [1.54, 1.807) is 0 Å². The average molecular weight is 235 g/mol. The van der Waals surface area contributed by atoms with Crippen LogP contribution in [0.4, 0.5) is 4.79 Å². The van der Waals surface area contributed by atoms with Crippen LogP contribution in [0.1, 0.15) is 18.9 Å². The van der Waals surface area contributed by atoms with Crippen molar-refractivity contribution >= 4 is 6.09 Å². The molecule has 17 heavy (non-hydrogen) atoms. The number of aliphatic hydroxyl groups is 1. The lowest BCUT2D eigenvalue weighted by molar-refractivity contribution is -0.0654. The van der Waals surface area contributed by atoms with Crippen LogP contribution < -0.4 is 0 Å². The van der Waals surface area contributed by atoms with Gasteiger partial charge in [0.2, 0.25) is 0 Å². The van der Waals surface area contributed by atoms with Gasteiger partial charge in [-0.15, -0.1) is 0 Å². The zero-order chi connectivity index (χ0) is 12.5. The number of nitrogens with zero attached hydrogens (tertiary/aromatic N) is 1. The van der Waals surface area contributed by atoms with Crippen molar-refractivity contribution in [1.29, 1.82) is 0 Å². The molecule has 0 bridgehead atoms. The Bertz CT molecular complexity index is 406. The second-order valence-electron chi connectivity index (χ2n) is 4.67. The quantitative estimate of drug-likeness (QED) is 0.781. The van der Waals surface area contributed by atoms with Gasteiger partial charge in [0.1, 0.15) is 0 Å². The van der Waals surface area contributed by atoms with Crippen LogP contribution in [0.3, 0.4) is 0 Å². The number of hydrogen-bond donors (Lipinski definition) is 2. The Balaban J connectivity index is 2.21. The van der Waals surface area contributed by atoms with Crippen molar-refractivity contribution < 1.29 is 15.0 Å². The van der Waals surface area contributed by atoms with Crippen molar-refractivity contribution in [3.63, 3.8) is 0 Å². The van der Waals surface area contributed by atoms with Crippen LogP contribution >= 0.6 is 0 Å². The van der Waals surface area contributed by atoms with Gasteiger partial charge >= 0.3 is 6.09 Å². The molecule has 1 amide bonds. The van der Waals surface area contributed by atoms with Gasteiger partial charge in [-0.2, -0.15) is 0 Å². The van der Waals surface area contributed by atoms with Crippen LogP contribution in [0.2, 0.25) is 0 Å². The molecule has 4 heteroatoms. The molecule has 0 spiro atoms. The largest absolute Gasteiger partial charge is 0.465 e. The molecule has 1 aliphatic rings. The van der Waals surface area contributed by atoms with Gasteiger partial charge in [-0.3, -0.25) is 0 Å². The van der Waals surface area contributed by atoms with Crippen LogP contribution in [0, 0.1) is 5.92 Å². The fourth-order valence-corrected chi connectivity index (χ4v) is 2.45. The highest BCUT2D eigenvalue weighted by atomic mass is 16.4. The van der Waals surface area contributed by atoms with Crippen LogP contribution in [-0.2, 0) is 5.60 Å². The number of amides is 1. The van der Waals surface area contributed by atoms with Gasteiger partial charge < -0.3 is 15.1 Å². The van der Waals surface area contributed by atoms with Gasteiger partial charge in [0.15, 0.2) is 0 Å². The first kappa shape index (κ1) is 11.9. The lowest BCUT2D eigenvalue weighted by atomic mass is 9.77. The topological polar surface area (TPSA) is 60.8 Å². The number of carbonyl (C=O) groups is 1. The molecule has 2 rings (SSSR count). The third kappa shape index (κ3) is 2.13. The number of likely N-dealkylation sites (tertiary alicyclic amines) is 1. The summed E-state index contributed by atoms with van der Waals surface area (Å²) in [6.07, 6.45) is -0.461. The minimum absolute atomic E-state index is 0.102. The van der Waals surface area contributed by atoms with Gasteiger partial charge in [-0.1, -0.05) is 37.3 Å². The molecule has 4 nitrogen and oxygen atoms in total.